The van der Waals surface area contributed by atoms with E-state index in [9.17, 15) is 4.39 Å². The lowest BCUT2D eigenvalue weighted by Crippen LogP contribution is -2.32. The van der Waals surface area contributed by atoms with Crippen LogP contribution in [0.2, 0.25) is 0 Å². The Bertz CT molecular complexity index is 929. The minimum atomic E-state index is -0.288. The van der Waals surface area contributed by atoms with Gasteiger partial charge in [-0.3, -0.25) is 9.88 Å². The predicted octanol–water partition coefficient (Wildman–Crippen LogP) is 2.43. The van der Waals surface area contributed by atoms with Crippen LogP contribution < -0.4 is 0 Å². The van der Waals surface area contributed by atoms with Crippen LogP contribution in [0.25, 0.3) is 11.3 Å². The first-order valence-electron chi connectivity index (χ1n) is 8.71. The summed E-state index contributed by atoms with van der Waals surface area (Å²) in [5.41, 5.74) is 3.13. The fraction of sp³-hybridized carbons (Fsp3) is 0.316. The fourth-order valence-electron chi connectivity index (χ4n) is 3.87. The topological polar surface area (TPSA) is 56.1 Å². The second kappa shape index (κ2) is 6.26. The number of hydrogen-bond donors (Lipinski definition) is 0. The zero-order chi connectivity index (χ0) is 17.5. The molecule has 5 rings (SSSR count). The van der Waals surface area contributed by atoms with Gasteiger partial charge in [-0.1, -0.05) is 17.3 Å². The van der Waals surface area contributed by atoms with Gasteiger partial charge in [0.05, 0.1) is 24.4 Å². The van der Waals surface area contributed by atoms with E-state index in [4.69, 9.17) is 4.74 Å². The van der Waals surface area contributed by atoms with Gasteiger partial charge in [-0.15, -0.1) is 5.10 Å². The highest BCUT2D eigenvalue weighted by Gasteiger charge is 2.40. The molecule has 2 aliphatic rings. The zero-order valence-electron chi connectivity index (χ0n) is 14.1. The van der Waals surface area contributed by atoms with Crippen molar-refractivity contribution in [2.45, 2.75) is 25.3 Å². The summed E-state index contributed by atoms with van der Waals surface area (Å²) in [5.74, 6) is -0.288. The van der Waals surface area contributed by atoms with Crippen molar-refractivity contribution in [3.63, 3.8) is 0 Å². The molecule has 2 aromatic heterocycles. The van der Waals surface area contributed by atoms with Crippen molar-refractivity contribution < 1.29 is 9.13 Å². The van der Waals surface area contributed by atoms with Crippen LogP contribution in [0, 0.1) is 5.82 Å². The molecule has 4 heterocycles. The summed E-state index contributed by atoms with van der Waals surface area (Å²) in [4.78, 5) is 6.42. The van der Waals surface area contributed by atoms with E-state index >= 15 is 0 Å². The van der Waals surface area contributed by atoms with E-state index in [0.29, 0.717) is 17.9 Å². The number of ether oxygens (including phenoxy) is 1. The SMILES string of the molecule is Fc1ccccc1-c1nnn2c1CO[C@@H]1CN(Cc3ccncc3)C[C@H]12. The van der Waals surface area contributed by atoms with Crippen LogP contribution in [0.4, 0.5) is 4.39 Å². The number of pyridine rings is 1. The molecule has 6 nitrogen and oxygen atoms in total. The molecule has 0 bridgehead atoms. The van der Waals surface area contributed by atoms with Gasteiger partial charge in [-0.25, -0.2) is 9.07 Å². The molecule has 0 aliphatic carbocycles. The highest BCUT2D eigenvalue weighted by molar-refractivity contribution is 5.62. The van der Waals surface area contributed by atoms with Gasteiger partial charge in [0.25, 0.3) is 0 Å². The van der Waals surface area contributed by atoms with Gasteiger partial charge in [0.1, 0.15) is 11.5 Å². The maximum absolute atomic E-state index is 14.2. The molecule has 132 valence electrons. The second-order valence-electron chi connectivity index (χ2n) is 6.78. The van der Waals surface area contributed by atoms with E-state index in [-0.39, 0.29) is 18.0 Å². The van der Waals surface area contributed by atoms with Gasteiger partial charge in [-0.05, 0) is 29.8 Å². The lowest BCUT2D eigenvalue weighted by Gasteiger charge is -2.26. The molecule has 26 heavy (non-hydrogen) atoms. The number of nitrogens with zero attached hydrogens (tertiary/aromatic N) is 5. The molecule has 3 aromatic rings. The minimum Gasteiger partial charge on any atom is -0.368 e. The van der Waals surface area contributed by atoms with Crippen molar-refractivity contribution in [2.24, 2.45) is 0 Å². The third-order valence-corrected chi connectivity index (χ3v) is 5.14. The number of fused-ring (bicyclic) bond motifs is 3. The van der Waals surface area contributed by atoms with Gasteiger partial charge in [0.2, 0.25) is 0 Å². The molecule has 0 amide bonds. The van der Waals surface area contributed by atoms with E-state index in [1.165, 1.54) is 11.6 Å². The molecular weight excluding hydrogens is 333 g/mol. The highest BCUT2D eigenvalue weighted by atomic mass is 19.1. The van der Waals surface area contributed by atoms with Crippen molar-refractivity contribution in [2.75, 3.05) is 13.1 Å². The summed E-state index contributed by atoms with van der Waals surface area (Å²) < 4.78 is 22.2. The third kappa shape index (κ3) is 2.60. The monoisotopic (exact) mass is 351 g/mol. The number of benzene rings is 1. The Morgan fingerprint density at radius 3 is 2.81 bits per heavy atom. The molecule has 0 radical (unpaired) electrons. The first-order chi connectivity index (χ1) is 12.8. The second-order valence-corrected chi connectivity index (χ2v) is 6.78. The molecule has 0 saturated carbocycles. The average Bonchev–Trinajstić information content (AvgIpc) is 3.26. The molecule has 1 aromatic carbocycles. The molecule has 2 atom stereocenters. The maximum atomic E-state index is 14.2. The van der Waals surface area contributed by atoms with Crippen molar-refractivity contribution >= 4 is 0 Å². The molecule has 0 spiro atoms. The first-order valence-corrected chi connectivity index (χ1v) is 8.71. The summed E-state index contributed by atoms with van der Waals surface area (Å²) in [7, 11) is 0. The number of hydrogen-bond acceptors (Lipinski definition) is 5. The molecule has 0 unspecified atom stereocenters. The van der Waals surface area contributed by atoms with Gasteiger partial charge in [0.15, 0.2) is 0 Å². The number of likely N-dealkylation sites (tertiary alicyclic amines) is 1. The summed E-state index contributed by atoms with van der Waals surface area (Å²) in [5, 5.41) is 8.61. The van der Waals surface area contributed by atoms with Crippen LogP contribution in [0.1, 0.15) is 17.3 Å². The lowest BCUT2D eigenvalue weighted by atomic mass is 10.1. The van der Waals surface area contributed by atoms with Crippen LogP contribution in [-0.2, 0) is 17.9 Å². The molecule has 7 heteroatoms. The Hall–Kier alpha value is -2.64. The average molecular weight is 351 g/mol. The quantitative estimate of drug-likeness (QED) is 0.725. The van der Waals surface area contributed by atoms with Crippen LogP contribution in [-0.4, -0.2) is 44.1 Å². The Labute approximate surface area is 150 Å². The Morgan fingerprint density at radius 2 is 1.96 bits per heavy atom. The number of halogens is 1. The Morgan fingerprint density at radius 1 is 1.12 bits per heavy atom. The Kier molecular flexibility index (Phi) is 3.76. The molecular formula is C19H18FN5O. The summed E-state index contributed by atoms with van der Waals surface area (Å²) >= 11 is 0. The normalized spacial score (nSPS) is 22.2. The van der Waals surface area contributed by atoms with E-state index in [2.05, 4.69) is 20.2 Å². The summed E-state index contributed by atoms with van der Waals surface area (Å²) in [6.07, 6.45) is 3.70. The minimum absolute atomic E-state index is 0.0829. The van der Waals surface area contributed by atoms with E-state index in [1.807, 2.05) is 35.3 Å². The van der Waals surface area contributed by atoms with Crippen LogP contribution in [0.5, 0.6) is 0 Å². The number of rotatable bonds is 3. The van der Waals surface area contributed by atoms with Gasteiger partial charge in [-0.2, -0.15) is 0 Å². The molecule has 2 aliphatic heterocycles. The van der Waals surface area contributed by atoms with E-state index in [0.717, 1.165) is 25.3 Å². The highest BCUT2D eigenvalue weighted by Crippen LogP contribution is 2.35. The standard InChI is InChI=1S/C19H18FN5O/c20-15-4-2-1-3-14(15)19-17-12-26-18-11-24(9-13-5-7-21-8-6-13)10-16(18)25(17)23-22-19/h1-8,16,18H,9-12H2/t16-,18-/m1/s1. The van der Waals surface area contributed by atoms with E-state index < -0.39 is 0 Å². The van der Waals surface area contributed by atoms with Crippen LogP contribution >= 0.6 is 0 Å². The lowest BCUT2D eigenvalue weighted by molar-refractivity contribution is -0.00494. The largest absolute Gasteiger partial charge is 0.368 e. The van der Waals surface area contributed by atoms with Crippen LogP contribution in [0.15, 0.2) is 48.8 Å². The summed E-state index contributed by atoms with van der Waals surface area (Å²) in [6, 6.07) is 10.8. The van der Waals surface area contributed by atoms with Gasteiger partial charge < -0.3 is 4.74 Å². The predicted molar refractivity (Wildman–Crippen MR) is 92.5 cm³/mol. The number of aromatic nitrogens is 4. The van der Waals surface area contributed by atoms with E-state index in [1.54, 1.807) is 12.1 Å². The van der Waals surface area contributed by atoms with Crippen molar-refractivity contribution in [3.8, 4) is 11.3 Å². The fourth-order valence-corrected chi connectivity index (χ4v) is 3.87. The molecule has 0 N–H and O–H groups in total. The first kappa shape index (κ1) is 15.6. The zero-order valence-corrected chi connectivity index (χ0v) is 14.1. The Balaban J connectivity index is 1.41. The van der Waals surface area contributed by atoms with Crippen molar-refractivity contribution in [1.29, 1.82) is 0 Å². The van der Waals surface area contributed by atoms with Crippen molar-refractivity contribution in [3.05, 3.63) is 65.9 Å². The van der Waals surface area contributed by atoms with Gasteiger partial charge >= 0.3 is 0 Å². The summed E-state index contributed by atoms with van der Waals surface area (Å²) in [6.45, 7) is 2.94. The third-order valence-electron chi connectivity index (χ3n) is 5.14. The molecule has 1 fully saturated rings. The smallest absolute Gasteiger partial charge is 0.132 e. The van der Waals surface area contributed by atoms with Crippen molar-refractivity contribution in [1.82, 2.24) is 24.9 Å². The maximum Gasteiger partial charge on any atom is 0.132 e. The molecule has 1 saturated heterocycles. The van der Waals surface area contributed by atoms with Crippen LogP contribution in [0.3, 0.4) is 0 Å². The van der Waals surface area contributed by atoms with Gasteiger partial charge in [0, 0.05) is 37.6 Å².